The summed E-state index contributed by atoms with van der Waals surface area (Å²) in [5.41, 5.74) is 8.72. The van der Waals surface area contributed by atoms with Crippen LogP contribution in [0.4, 0.5) is 0 Å². The molecule has 0 amide bonds. The van der Waals surface area contributed by atoms with Gasteiger partial charge in [0.1, 0.15) is 0 Å². The maximum Gasteiger partial charge on any atom is 0.0838 e. The number of halogens is 1. The van der Waals surface area contributed by atoms with Crippen molar-refractivity contribution in [1.82, 2.24) is 0 Å². The lowest BCUT2D eigenvalue weighted by Gasteiger charge is -2.44. The summed E-state index contributed by atoms with van der Waals surface area (Å²) in [4.78, 5) is 0. The topological polar surface area (TPSA) is 35.2 Å². The minimum Gasteiger partial charge on any atom is -0.374 e. The lowest BCUT2D eigenvalue weighted by molar-refractivity contribution is -0.0925. The fraction of sp³-hybridized carbons (Fsp3) is 0.667. The van der Waals surface area contributed by atoms with E-state index in [1.54, 1.807) is 0 Å². The molecule has 3 atom stereocenters. The molecule has 0 aromatic heterocycles. The van der Waals surface area contributed by atoms with Gasteiger partial charge in [-0.15, -0.1) is 0 Å². The Labute approximate surface area is 134 Å². The van der Waals surface area contributed by atoms with E-state index in [2.05, 4.69) is 32.9 Å². The minimum atomic E-state index is -0.180. The van der Waals surface area contributed by atoms with Crippen molar-refractivity contribution in [1.29, 1.82) is 0 Å². The van der Waals surface area contributed by atoms with Gasteiger partial charge in [0, 0.05) is 17.7 Å². The van der Waals surface area contributed by atoms with Crippen LogP contribution < -0.4 is 5.73 Å². The summed E-state index contributed by atoms with van der Waals surface area (Å²) in [7, 11) is 0. The van der Waals surface area contributed by atoms with Gasteiger partial charge in [0.2, 0.25) is 0 Å². The van der Waals surface area contributed by atoms with Crippen LogP contribution in [0.15, 0.2) is 18.2 Å². The number of hydrogen-bond acceptors (Lipinski definition) is 2. The van der Waals surface area contributed by atoms with E-state index >= 15 is 0 Å². The first-order valence-corrected chi connectivity index (χ1v) is 8.49. The normalized spacial score (nSPS) is 27.6. The monoisotopic (exact) mass is 309 g/mol. The fourth-order valence-corrected chi connectivity index (χ4v) is 3.96. The van der Waals surface area contributed by atoms with Crippen LogP contribution in [-0.2, 0) is 11.2 Å². The molecule has 2 N–H and O–H groups in total. The van der Waals surface area contributed by atoms with E-state index < -0.39 is 0 Å². The molecule has 1 aliphatic rings. The molecule has 2 nitrogen and oxygen atoms in total. The van der Waals surface area contributed by atoms with Gasteiger partial charge in [0.05, 0.1) is 5.60 Å². The number of hydrogen-bond donors (Lipinski definition) is 1. The van der Waals surface area contributed by atoms with Gasteiger partial charge in [-0.2, -0.15) is 0 Å². The Morgan fingerprint density at radius 1 is 1.48 bits per heavy atom. The lowest BCUT2D eigenvalue weighted by atomic mass is 9.73. The third-order valence-corrected chi connectivity index (χ3v) is 5.10. The molecule has 3 heteroatoms. The zero-order valence-corrected chi connectivity index (χ0v) is 14.2. The third kappa shape index (κ3) is 4.00. The summed E-state index contributed by atoms with van der Waals surface area (Å²) in [6, 6.07) is 6.22. The maximum atomic E-state index is 6.59. The summed E-state index contributed by atoms with van der Waals surface area (Å²) >= 11 is 6.37. The molecule has 21 heavy (non-hydrogen) atoms. The standard InChI is InChI=1S/C18H28ClNO/c1-4-21-18(9-5-6-14(3)12-18)17(20)11-15-8-7-13(2)10-16(15)19/h7-8,10,14,17H,4-6,9,11-12,20H2,1-3H3. The van der Waals surface area contributed by atoms with E-state index in [0.717, 1.165) is 36.5 Å². The first kappa shape index (κ1) is 16.8. The number of nitrogens with two attached hydrogens (primary N) is 1. The summed E-state index contributed by atoms with van der Waals surface area (Å²) in [5.74, 6) is 0.685. The van der Waals surface area contributed by atoms with Gasteiger partial charge >= 0.3 is 0 Å². The molecule has 0 bridgehead atoms. The molecule has 118 valence electrons. The van der Waals surface area contributed by atoms with Crippen LogP contribution in [0.1, 0.15) is 50.7 Å². The van der Waals surface area contributed by atoms with E-state index in [4.69, 9.17) is 22.1 Å². The molecular formula is C18H28ClNO. The molecule has 3 unspecified atom stereocenters. The highest BCUT2D eigenvalue weighted by atomic mass is 35.5. The van der Waals surface area contributed by atoms with Crippen LogP contribution in [0.3, 0.4) is 0 Å². The Hall–Kier alpha value is -0.570. The summed E-state index contributed by atoms with van der Waals surface area (Å²) in [6.07, 6.45) is 5.40. The molecule has 2 rings (SSSR count). The highest BCUT2D eigenvalue weighted by molar-refractivity contribution is 6.31. The fourth-order valence-electron chi connectivity index (χ4n) is 3.65. The van der Waals surface area contributed by atoms with Crippen LogP contribution in [0.25, 0.3) is 0 Å². The average Bonchev–Trinajstić information content (AvgIpc) is 2.42. The lowest BCUT2D eigenvalue weighted by Crippen LogP contribution is -2.53. The zero-order valence-electron chi connectivity index (χ0n) is 13.5. The van der Waals surface area contributed by atoms with Crippen molar-refractivity contribution in [2.75, 3.05) is 6.61 Å². The molecule has 1 aliphatic carbocycles. The molecule has 1 aromatic carbocycles. The van der Waals surface area contributed by atoms with E-state index in [-0.39, 0.29) is 11.6 Å². The first-order valence-electron chi connectivity index (χ1n) is 8.11. The quantitative estimate of drug-likeness (QED) is 0.869. The Bertz CT molecular complexity index is 472. The third-order valence-electron chi connectivity index (χ3n) is 4.75. The first-order chi connectivity index (χ1) is 9.97. The van der Waals surface area contributed by atoms with Crippen LogP contribution in [-0.4, -0.2) is 18.2 Å². The summed E-state index contributed by atoms with van der Waals surface area (Å²) in [6.45, 7) is 7.15. The summed E-state index contributed by atoms with van der Waals surface area (Å²) in [5, 5.41) is 0.820. The highest BCUT2D eigenvalue weighted by Crippen LogP contribution is 2.38. The summed E-state index contributed by atoms with van der Waals surface area (Å²) < 4.78 is 6.17. The van der Waals surface area contributed by atoms with E-state index in [0.29, 0.717) is 5.92 Å². The van der Waals surface area contributed by atoms with Gasteiger partial charge in [-0.05, 0) is 56.2 Å². The Morgan fingerprint density at radius 3 is 2.86 bits per heavy atom. The molecule has 0 saturated heterocycles. The SMILES string of the molecule is CCOC1(C(N)Cc2ccc(C)cc2Cl)CCCC(C)C1. The van der Waals surface area contributed by atoms with Gasteiger partial charge in [0.25, 0.3) is 0 Å². The number of ether oxygens (including phenoxy) is 1. The molecule has 0 radical (unpaired) electrons. The molecule has 0 heterocycles. The second kappa shape index (κ2) is 7.13. The minimum absolute atomic E-state index is 0.000376. The van der Waals surface area contributed by atoms with Crippen molar-refractivity contribution in [3.05, 3.63) is 34.3 Å². The molecule has 0 spiro atoms. The Balaban J connectivity index is 2.16. The van der Waals surface area contributed by atoms with E-state index in [9.17, 15) is 0 Å². The molecule has 1 saturated carbocycles. The maximum absolute atomic E-state index is 6.59. The Kier molecular flexibility index (Phi) is 5.70. The van der Waals surface area contributed by atoms with Crippen LogP contribution >= 0.6 is 11.6 Å². The van der Waals surface area contributed by atoms with Crippen molar-refractivity contribution in [2.24, 2.45) is 11.7 Å². The number of rotatable bonds is 5. The molecule has 0 aliphatic heterocycles. The second-order valence-electron chi connectivity index (χ2n) is 6.60. The van der Waals surface area contributed by atoms with Gasteiger partial charge in [-0.3, -0.25) is 0 Å². The van der Waals surface area contributed by atoms with Gasteiger partial charge in [-0.25, -0.2) is 0 Å². The van der Waals surface area contributed by atoms with Crippen molar-refractivity contribution in [3.8, 4) is 0 Å². The largest absolute Gasteiger partial charge is 0.374 e. The molecule has 1 fully saturated rings. The van der Waals surface area contributed by atoms with E-state index in [1.165, 1.54) is 18.4 Å². The second-order valence-corrected chi connectivity index (χ2v) is 7.01. The predicted octanol–water partition coefficient (Wildman–Crippen LogP) is 4.50. The zero-order chi connectivity index (χ0) is 15.5. The number of aryl methyl sites for hydroxylation is 1. The van der Waals surface area contributed by atoms with Crippen LogP contribution in [0.5, 0.6) is 0 Å². The Morgan fingerprint density at radius 2 is 2.24 bits per heavy atom. The van der Waals surface area contributed by atoms with Crippen LogP contribution in [0, 0.1) is 12.8 Å². The van der Waals surface area contributed by atoms with Gasteiger partial charge < -0.3 is 10.5 Å². The van der Waals surface area contributed by atoms with Crippen LogP contribution in [0.2, 0.25) is 5.02 Å². The smallest absolute Gasteiger partial charge is 0.0838 e. The van der Waals surface area contributed by atoms with Crippen molar-refractivity contribution in [3.63, 3.8) is 0 Å². The van der Waals surface area contributed by atoms with E-state index in [1.807, 2.05) is 6.07 Å². The molecular weight excluding hydrogens is 282 g/mol. The number of benzene rings is 1. The average molecular weight is 310 g/mol. The van der Waals surface area contributed by atoms with Crippen molar-refractivity contribution < 1.29 is 4.74 Å². The predicted molar refractivity (Wildman–Crippen MR) is 89.9 cm³/mol. The molecule has 1 aromatic rings. The van der Waals surface area contributed by atoms with Crippen molar-refractivity contribution >= 4 is 11.6 Å². The van der Waals surface area contributed by atoms with Crippen molar-refractivity contribution in [2.45, 2.75) is 64.5 Å². The van der Waals surface area contributed by atoms with Gasteiger partial charge in [-0.1, -0.05) is 43.5 Å². The van der Waals surface area contributed by atoms with Gasteiger partial charge in [0.15, 0.2) is 0 Å². The highest BCUT2D eigenvalue weighted by Gasteiger charge is 2.41.